The number of benzene rings is 2. The molecule has 1 amide bonds. The first kappa shape index (κ1) is 18.0. The van der Waals surface area contributed by atoms with Crippen LogP contribution in [0.1, 0.15) is 29.7 Å². The van der Waals surface area contributed by atoms with Crippen LogP contribution >= 0.6 is 0 Å². The van der Waals surface area contributed by atoms with Gasteiger partial charge in [-0.25, -0.2) is 0 Å². The Kier molecular flexibility index (Phi) is 4.05. The Bertz CT molecular complexity index is 1060. The molecule has 3 aliphatic rings. The van der Waals surface area contributed by atoms with Gasteiger partial charge in [0.25, 0.3) is 10.1 Å². The van der Waals surface area contributed by atoms with E-state index in [1.807, 2.05) is 13.0 Å². The van der Waals surface area contributed by atoms with Gasteiger partial charge in [-0.1, -0.05) is 31.7 Å². The fourth-order valence-electron chi connectivity index (χ4n) is 4.14. The van der Waals surface area contributed by atoms with Gasteiger partial charge in [0.05, 0.1) is 23.5 Å². The van der Waals surface area contributed by atoms with Gasteiger partial charge in [0, 0.05) is 12.0 Å². The van der Waals surface area contributed by atoms with Gasteiger partial charge in [0.15, 0.2) is 0 Å². The number of nitrogens with zero attached hydrogens (tertiary/aromatic N) is 1. The van der Waals surface area contributed by atoms with E-state index in [-0.39, 0.29) is 43.9 Å². The van der Waals surface area contributed by atoms with E-state index in [2.05, 4.69) is 0 Å². The molecule has 0 spiro atoms. The maximum Gasteiger partial charge on any atom is 0.297 e. The molecule has 6 nitrogen and oxygen atoms in total. The van der Waals surface area contributed by atoms with E-state index in [1.165, 1.54) is 6.07 Å². The largest absolute Gasteiger partial charge is 0.487 e. The van der Waals surface area contributed by atoms with Crippen LogP contribution in [0.2, 0.25) is 0 Å². The summed E-state index contributed by atoms with van der Waals surface area (Å²) in [6.45, 7) is 2.13. The molecule has 3 heterocycles. The summed E-state index contributed by atoms with van der Waals surface area (Å²) in [5, 5.41) is 0. The highest BCUT2D eigenvalue weighted by atomic mass is 32.2. The van der Waals surface area contributed by atoms with E-state index in [0.717, 1.165) is 28.1 Å². The first-order chi connectivity index (χ1) is 12.4. The van der Waals surface area contributed by atoms with Crippen molar-refractivity contribution < 1.29 is 22.1 Å². The average molecular weight is 387 g/mol. The van der Waals surface area contributed by atoms with Gasteiger partial charge in [-0.2, -0.15) is 8.42 Å². The van der Waals surface area contributed by atoms with Crippen LogP contribution in [0.4, 0.5) is 5.69 Å². The molecule has 0 saturated heterocycles. The Morgan fingerprint density at radius 2 is 1.96 bits per heavy atom. The molecule has 0 saturated carbocycles. The van der Waals surface area contributed by atoms with Crippen LogP contribution in [-0.2, 0) is 38.5 Å². The van der Waals surface area contributed by atoms with Crippen LogP contribution in [-0.4, -0.2) is 27.0 Å². The fraction of sp³-hybridized carbons (Fsp3) is 0.350. The average Bonchev–Trinajstić information content (AvgIpc) is 3.15. The Morgan fingerprint density at radius 1 is 1.19 bits per heavy atom. The van der Waals surface area contributed by atoms with E-state index in [4.69, 9.17) is 8.92 Å². The lowest BCUT2D eigenvalue weighted by molar-refractivity contribution is -0.117. The maximum atomic E-state index is 12.7. The third-order valence-electron chi connectivity index (χ3n) is 5.23. The third kappa shape index (κ3) is 2.64. The zero-order valence-electron chi connectivity index (χ0n) is 14.2. The molecule has 2 aromatic rings. The molecule has 0 radical (unpaired) electrons. The summed E-state index contributed by atoms with van der Waals surface area (Å²) in [5.74, 6) is 0.678. The number of anilines is 1. The zero-order chi connectivity index (χ0) is 18.1. The van der Waals surface area contributed by atoms with Crippen molar-refractivity contribution >= 4 is 21.7 Å². The van der Waals surface area contributed by atoms with Crippen LogP contribution in [0, 0.1) is 6.92 Å². The number of hydrogen-bond donors (Lipinski definition) is 0. The number of amides is 1. The van der Waals surface area contributed by atoms with Crippen molar-refractivity contribution in [3.8, 4) is 5.75 Å². The predicted molar refractivity (Wildman–Crippen MR) is 101 cm³/mol. The van der Waals surface area contributed by atoms with E-state index >= 15 is 0 Å². The number of aryl methyl sites for hydroxylation is 1. The normalized spacial score (nSPS) is 21.7. The maximum absolute atomic E-state index is 12.7. The summed E-state index contributed by atoms with van der Waals surface area (Å²) in [5.41, 5.74) is 4.33. The summed E-state index contributed by atoms with van der Waals surface area (Å²) in [4.78, 5) is 14.5. The van der Waals surface area contributed by atoms with Gasteiger partial charge >= 0.3 is 0 Å². The highest BCUT2D eigenvalue weighted by Crippen LogP contribution is 2.45. The second kappa shape index (κ2) is 6.07. The SMILES string of the molecule is C.Cc1cc2c3c4c1N(Cc1ccccc1S(=O)(=O)OCC(C2)O3)C(=O)C4. The van der Waals surface area contributed by atoms with Crippen LogP contribution in [0.25, 0.3) is 0 Å². The molecule has 0 aromatic heterocycles. The van der Waals surface area contributed by atoms with Crippen molar-refractivity contribution in [3.05, 3.63) is 52.6 Å². The lowest BCUT2D eigenvalue weighted by Gasteiger charge is -2.22. The fourth-order valence-corrected chi connectivity index (χ4v) is 5.29. The topological polar surface area (TPSA) is 72.9 Å². The molecule has 7 heteroatoms. The highest BCUT2D eigenvalue weighted by molar-refractivity contribution is 7.86. The van der Waals surface area contributed by atoms with E-state index in [1.54, 1.807) is 23.1 Å². The number of carbonyl (C=O) groups is 1. The Morgan fingerprint density at radius 3 is 2.78 bits per heavy atom. The van der Waals surface area contributed by atoms with E-state index in [9.17, 15) is 13.2 Å². The van der Waals surface area contributed by atoms with E-state index in [0.29, 0.717) is 12.0 Å². The third-order valence-corrected chi connectivity index (χ3v) is 6.61. The molecule has 0 aliphatic carbocycles. The number of fused-ring (bicyclic) bond motifs is 2. The second-order valence-corrected chi connectivity index (χ2v) is 8.54. The Labute approximate surface area is 158 Å². The van der Waals surface area contributed by atoms with Gasteiger partial charge in [-0.15, -0.1) is 0 Å². The van der Waals surface area contributed by atoms with Crippen LogP contribution in [0.5, 0.6) is 5.75 Å². The number of rotatable bonds is 0. The standard InChI is InChI=1S/C19H17NO5S.CH4/c1-11-6-13-7-14-10-24-26(22,23)16-5-3-2-4-12(16)9-20-17(21)8-15(18(11)20)19(13)25-14;/h2-6,14H,7-10H2,1H3;1H4. The van der Waals surface area contributed by atoms with Gasteiger partial charge in [-0.05, 0) is 29.7 Å². The molecule has 3 aliphatic heterocycles. The van der Waals surface area contributed by atoms with Crippen molar-refractivity contribution in [2.75, 3.05) is 11.5 Å². The van der Waals surface area contributed by atoms with Crippen LogP contribution in [0.15, 0.2) is 35.2 Å². The lowest BCUT2D eigenvalue weighted by atomic mass is 10.0. The number of hydrogen-bond acceptors (Lipinski definition) is 5. The zero-order valence-corrected chi connectivity index (χ0v) is 15.0. The first-order valence-electron chi connectivity index (χ1n) is 8.54. The summed E-state index contributed by atoms with van der Waals surface area (Å²) >= 11 is 0. The smallest absolute Gasteiger partial charge is 0.297 e. The molecule has 1 atom stereocenters. The molecular formula is C20H21NO5S. The molecule has 1 unspecified atom stereocenters. The van der Waals surface area contributed by atoms with Gasteiger partial charge in [0.2, 0.25) is 5.91 Å². The van der Waals surface area contributed by atoms with Crippen molar-refractivity contribution in [2.45, 2.75) is 44.7 Å². The van der Waals surface area contributed by atoms with Crippen LogP contribution in [0.3, 0.4) is 0 Å². The molecule has 2 aromatic carbocycles. The minimum atomic E-state index is -3.93. The molecule has 5 rings (SSSR count). The van der Waals surface area contributed by atoms with Crippen molar-refractivity contribution in [1.82, 2.24) is 0 Å². The van der Waals surface area contributed by atoms with Crippen molar-refractivity contribution in [3.63, 3.8) is 0 Å². The van der Waals surface area contributed by atoms with Crippen molar-refractivity contribution in [2.24, 2.45) is 0 Å². The molecule has 27 heavy (non-hydrogen) atoms. The highest BCUT2D eigenvalue weighted by Gasteiger charge is 2.38. The second-order valence-electron chi connectivity index (χ2n) is 6.96. The summed E-state index contributed by atoms with van der Waals surface area (Å²) in [6, 6.07) is 8.72. The molecule has 142 valence electrons. The minimum Gasteiger partial charge on any atom is -0.487 e. The van der Waals surface area contributed by atoms with Gasteiger partial charge < -0.3 is 9.64 Å². The van der Waals surface area contributed by atoms with Gasteiger partial charge in [0.1, 0.15) is 18.5 Å². The number of ether oxygens (including phenoxy) is 1. The van der Waals surface area contributed by atoms with Gasteiger partial charge in [-0.3, -0.25) is 8.98 Å². The Hall–Kier alpha value is -2.38. The monoisotopic (exact) mass is 387 g/mol. The summed E-state index contributed by atoms with van der Waals surface area (Å²) < 4.78 is 36.7. The first-order valence-corrected chi connectivity index (χ1v) is 9.94. The Balaban J connectivity index is 0.00000180. The molecule has 0 fully saturated rings. The lowest BCUT2D eigenvalue weighted by Crippen LogP contribution is -2.28. The summed E-state index contributed by atoms with van der Waals surface area (Å²) in [7, 11) is -3.93. The molecule has 0 N–H and O–H groups in total. The molecule has 5 bridgehead atoms. The predicted octanol–water partition coefficient (Wildman–Crippen LogP) is 2.74. The quantitative estimate of drug-likeness (QED) is 0.650. The van der Waals surface area contributed by atoms with E-state index < -0.39 is 10.1 Å². The minimum absolute atomic E-state index is 0. The van der Waals surface area contributed by atoms with Crippen molar-refractivity contribution in [1.29, 1.82) is 0 Å². The summed E-state index contributed by atoms with van der Waals surface area (Å²) in [6.07, 6.45) is 0.484. The molecular weight excluding hydrogens is 366 g/mol. The number of carbonyl (C=O) groups excluding carboxylic acids is 1. The van der Waals surface area contributed by atoms with Crippen LogP contribution < -0.4 is 9.64 Å².